The minimum Gasteiger partial charge on any atom is -0.503 e. The average Bonchev–Trinajstić information content (AvgIpc) is 3.20. The Morgan fingerprint density at radius 3 is 2.65 bits per heavy atom. The van der Waals surface area contributed by atoms with Crippen LogP contribution in [0.2, 0.25) is 0 Å². The lowest BCUT2D eigenvalue weighted by molar-refractivity contribution is -0.131. The third-order valence-corrected chi connectivity index (χ3v) is 5.59. The average molecular weight is 333 g/mol. The number of Topliss-reactive ketones (excluding diaryl/α,β-unsaturated/α-hetero) is 1. The van der Waals surface area contributed by atoms with E-state index in [2.05, 4.69) is 0 Å². The van der Waals surface area contributed by atoms with Crippen LogP contribution in [0, 0.1) is 5.92 Å². The standard InChI is InChI=1S/C18H23NO3S/c1-11(2)10-13(20)15-16(14-8-5-9-23-14)19(18(22)17(15)21)12-6-3-4-7-12/h5,8-9,11-12,16,21H,3-4,6-7,10H2,1-2H3. The fourth-order valence-electron chi connectivity index (χ4n) is 3.67. The second kappa shape index (κ2) is 6.48. The highest BCUT2D eigenvalue weighted by atomic mass is 32.1. The van der Waals surface area contributed by atoms with Crippen LogP contribution in [-0.2, 0) is 9.59 Å². The first-order valence-corrected chi connectivity index (χ1v) is 9.21. The first kappa shape index (κ1) is 16.2. The molecular formula is C18H23NO3S. The van der Waals surface area contributed by atoms with E-state index in [1.54, 1.807) is 4.90 Å². The summed E-state index contributed by atoms with van der Waals surface area (Å²) in [5, 5.41) is 12.4. The third kappa shape index (κ3) is 2.94. The molecule has 1 aliphatic carbocycles. The maximum atomic E-state index is 12.7. The largest absolute Gasteiger partial charge is 0.503 e. The Hall–Kier alpha value is -1.62. The molecule has 2 aliphatic rings. The molecule has 1 aliphatic heterocycles. The highest BCUT2D eigenvalue weighted by Gasteiger charge is 2.47. The fourth-order valence-corrected chi connectivity index (χ4v) is 4.51. The molecule has 1 aromatic heterocycles. The van der Waals surface area contributed by atoms with Gasteiger partial charge in [-0.15, -0.1) is 11.3 Å². The number of aliphatic hydroxyl groups excluding tert-OH is 1. The highest BCUT2D eigenvalue weighted by Crippen LogP contribution is 2.44. The number of amides is 1. The first-order valence-electron chi connectivity index (χ1n) is 8.33. The molecule has 1 atom stereocenters. The second-order valence-electron chi connectivity index (χ2n) is 6.85. The molecule has 1 fully saturated rings. The Balaban J connectivity index is 2.01. The molecule has 23 heavy (non-hydrogen) atoms. The van der Waals surface area contributed by atoms with Crippen molar-refractivity contribution in [3.63, 3.8) is 0 Å². The van der Waals surface area contributed by atoms with Crippen LogP contribution in [0.5, 0.6) is 0 Å². The molecule has 2 heterocycles. The van der Waals surface area contributed by atoms with Crippen molar-refractivity contribution in [3.05, 3.63) is 33.7 Å². The number of nitrogens with zero attached hydrogens (tertiary/aromatic N) is 1. The summed E-state index contributed by atoms with van der Waals surface area (Å²) in [4.78, 5) is 28.1. The third-order valence-electron chi connectivity index (χ3n) is 4.67. The summed E-state index contributed by atoms with van der Waals surface area (Å²) in [5.41, 5.74) is 0.304. The van der Waals surface area contributed by atoms with Crippen molar-refractivity contribution in [1.82, 2.24) is 4.90 Å². The summed E-state index contributed by atoms with van der Waals surface area (Å²) < 4.78 is 0. The zero-order valence-corrected chi connectivity index (χ0v) is 14.4. The van der Waals surface area contributed by atoms with E-state index in [4.69, 9.17) is 0 Å². The van der Waals surface area contributed by atoms with Gasteiger partial charge >= 0.3 is 0 Å². The first-order chi connectivity index (χ1) is 11.0. The number of carbonyl (C=O) groups excluding carboxylic acids is 2. The molecule has 0 radical (unpaired) electrons. The number of rotatable bonds is 5. The number of hydrogen-bond acceptors (Lipinski definition) is 4. The fraction of sp³-hybridized carbons (Fsp3) is 0.556. The van der Waals surface area contributed by atoms with E-state index in [1.165, 1.54) is 11.3 Å². The van der Waals surface area contributed by atoms with Gasteiger partial charge in [0.15, 0.2) is 11.5 Å². The molecule has 0 aromatic carbocycles. The van der Waals surface area contributed by atoms with Gasteiger partial charge in [-0.2, -0.15) is 0 Å². The van der Waals surface area contributed by atoms with Gasteiger partial charge in [-0.05, 0) is 30.2 Å². The van der Waals surface area contributed by atoms with E-state index in [9.17, 15) is 14.7 Å². The molecule has 0 saturated heterocycles. The molecular weight excluding hydrogens is 310 g/mol. The van der Waals surface area contributed by atoms with Gasteiger partial charge in [0.05, 0.1) is 11.6 Å². The molecule has 5 heteroatoms. The molecule has 3 rings (SSSR count). The summed E-state index contributed by atoms with van der Waals surface area (Å²) in [5.74, 6) is -0.615. The quantitative estimate of drug-likeness (QED) is 0.886. The van der Waals surface area contributed by atoms with E-state index in [0.29, 0.717) is 12.0 Å². The second-order valence-corrected chi connectivity index (χ2v) is 7.83. The van der Waals surface area contributed by atoms with E-state index in [0.717, 1.165) is 30.6 Å². The molecule has 1 saturated carbocycles. The van der Waals surface area contributed by atoms with Gasteiger partial charge in [-0.1, -0.05) is 32.8 Å². The molecule has 1 amide bonds. The van der Waals surface area contributed by atoms with Gasteiger partial charge in [-0.3, -0.25) is 9.59 Å². The summed E-state index contributed by atoms with van der Waals surface area (Å²) >= 11 is 1.54. The van der Waals surface area contributed by atoms with Crippen LogP contribution in [0.4, 0.5) is 0 Å². The predicted molar refractivity (Wildman–Crippen MR) is 90.3 cm³/mol. The summed E-state index contributed by atoms with van der Waals surface area (Å²) in [6, 6.07) is 3.60. The SMILES string of the molecule is CC(C)CC(=O)C1=C(O)C(=O)N(C2CCCC2)C1c1cccs1. The zero-order valence-electron chi connectivity index (χ0n) is 13.6. The van der Waals surface area contributed by atoms with Gasteiger partial charge in [0.2, 0.25) is 0 Å². The van der Waals surface area contributed by atoms with Crippen molar-refractivity contribution in [3.8, 4) is 0 Å². The summed E-state index contributed by atoms with van der Waals surface area (Å²) in [6.45, 7) is 3.95. The Morgan fingerprint density at radius 2 is 2.09 bits per heavy atom. The molecule has 1 N–H and O–H groups in total. The molecule has 4 nitrogen and oxygen atoms in total. The normalized spacial score (nSPS) is 22.7. The molecule has 0 spiro atoms. The van der Waals surface area contributed by atoms with Crippen molar-refractivity contribution in [2.75, 3.05) is 0 Å². The van der Waals surface area contributed by atoms with Gasteiger partial charge in [0, 0.05) is 17.3 Å². The van der Waals surface area contributed by atoms with Gasteiger partial charge in [-0.25, -0.2) is 0 Å². The zero-order chi connectivity index (χ0) is 16.6. The lowest BCUT2D eigenvalue weighted by atomic mass is 9.95. The van der Waals surface area contributed by atoms with Gasteiger partial charge in [0.25, 0.3) is 5.91 Å². The topological polar surface area (TPSA) is 57.6 Å². The van der Waals surface area contributed by atoms with E-state index in [1.807, 2.05) is 31.4 Å². The van der Waals surface area contributed by atoms with Crippen molar-refractivity contribution in [1.29, 1.82) is 0 Å². The van der Waals surface area contributed by atoms with Crippen LogP contribution in [0.3, 0.4) is 0 Å². The number of thiophene rings is 1. The minimum absolute atomic E-state index is 0.107. The van der Waals surface area contributed by atoms with Gasteiger partial charge < -0.3 is 10.0 Å². The molecule has 1 unspecified atom stereocenters. The van der Waals surface area contributed by atoms with Crippen molar-refractivity contribution in [2.24, 2.45) is 5.92 Å². The van der Waals surface area contributed by atoms with Crippen LogP contribution in [0.25, 0.3) is 0 Å². The number of aliphatic hydroxyl groups is 1. The molecule has 124 valence electrons. The lowest BCUT2D eigenvalue weighted by Crippen LogP contribution is -2.38. The minimum atomic E-state index is -0.406. The van der Waals surface area contributed by atoms with Gasteiger partial charge in [0.1, 0.15) is 0 Å². The summed E-state index contributed by atoms with van der Waals surface area (Å²) in [6.07, 6.45) is 4.45. The summed E-state index contributed by atoms with van der Waals surface area (Å²) in [7, 11) is 0. The Labute approximate surface area is 140 Å². The monoisotopic (exact) mass is 333 g/mol. The van der Waals surface area contributed by atoms with Crippen LogP contribution in [0.15, 0.2) is 28.8 Å². The number of carbonyl (C=O) groups is 2. The number of ketones is 1. The van der Waals surface area contributed by atoms with Crippen LogP contribution in [0.1, 0.15) is 56.9 Å². The maximum absolute atomic E-state index is 12.7. The Kier molecular flexibility index (Phi) is 4.57. The number of hydrogen-bond donors (Lipinski definition) is 1. The predicted octanol–water partition coefficient (Wildman–Crippen LogP) is 4.00. The van der Waals surface area contributed by atoms with Crippen molar-refractivity contribution >= 4 is 23.0 Å². The van der Waals surface area contributed by atoms with Crippen LogP contribution in [-0.4, -0.2) is 27.7 Å². The van der Waals surface area contributed by atoms with E-state index in [-0.39, 0.29) is 29.4 Å². The molecule has 0 bridgehead atoms. The van der Waals surface area contributed by atoms with Crippen LogP contribution < -0.4 is 0 Å². The van der Waals surface area contributed by atoms with Crippen molar-refractivity contribution < 1.29 is 14.7 Å². The Morgan fingerprint density at radius 1 is 1.39 bits per heavy atom. The smallest absolute Gasteiger partial charge is 0.290 e. The lowest BCUT2D eigenvalue weighted by Gasteiger charge is -2.31. The molecule has 1 aromatic rings. The van der Waals surface area contributed by atoms with E-state index < -0.39 is 6.04 Å². The van der Waals surface area contributed by atoms with E-state index >= 15 is 0 Å². The Bertz CT molecular complexity index is 627. The maximum Gasteiger partial charge on any atom is 0.290 e. The van der Waals surface area contributed by atoms with Crippen molar-refractivity contribution in [2.45, 2.75) is 58.0 Å². The van der Waals surface area contributed by atoms with Crippen LogP contribution >= 0.6 is 11.3 Å². The highest BCUT2D eigenvalue weighted by molar-refractivity contribution is 7.10.